The van der Waals surface area contributed by atoms with Crippen LogP contribution in [-0.2, 0) is 76.4 Å². The standard InChI is InChI=1S/C51H86N10O26/c1-18(13-25-33(57-23(6)65)49(82)84-31(16-64)40(25)87-50-34(58-24(7)66)37(70)35(68)29(14-62)85-50)43(75)54-21(4)46(78)61-27(42(53)74)11-12-32(67)59-28(47(79)55-20(3)45(77)56-22(5)48(80)81)10-8-9-26(41(52)73)60-44(76)19(2)17-83-51-39(72)38(71)36(69)30(15-63)86-51/h18-22,25-31,33-40,49-51,62-64,68-72,82H,8-17H2,1-7H3,(H2,52,73)(H2,53,74)(H,54,75)(H,55,79)(H,56,77)(H,57,65)(H,58,66)(H,59,67)(H,60,76)(H,61,78)(H,80,81)/t18-,19+,20+,21-,22+,25+,26-,27+,28+,29+,30+,31+,33+,34+,35+,36+,37+,38-,39-,40-,49+,50-,51+/m0/s1. The van der Waals surface area contributed by atoms with Crippen LogP contribution in [0.1, 0.15) is 87.0 Å². The average molecular weight is 1260 g/mol. The predicted octanol–water partition coefficient (Wildman–Crippen LogP) is -10.4. The summed E-state index contributed by atoms with van der Waals surface area (Å²) in [4.78, 5) is 142. The van der Waals surface area contributed by atoms with Gasteiger partial charge in [-0.3, -0.25) is 52.7 Å². The van der Waals surface area contributed by atoms with Crippen molar-refractivity contribution in [1.82, 2.24) is 42.5 Å². The molecule has 0 spiro atoms. The molecular weight excluding hydrogens is 1170 g/mol. The largest absolute Gasteiger partial charge is 0.480 e. The van der Waals surface area contributed by atoms with Crippen LogP contribution in [-0.4, -0.2) is 265 Å². The second kappa shape index (κ2) is 35.0. The van der Waals surface area contributed by atoms with Crippen LogP contribution in [0.15, 0.2) is 0 Å². The first-order valence-corrected chi connectivity index (χ1v) is 28.0. The zero-order chi connectivity index (χ0) is 65.9. The summed E-state index contributed by atoms with van der Waals surface area (Å²) < 4.78 is 28.2. The predicted molar refractivity (Wildman–Crippen MR) is 290 cm³/mol. The van der Waals surface area contributed by atoms with Gasteiger partial charge in [-0.1, -0.05) is 13.8 Å². The van der Waals surface area contributed by atoms with E-state index in [2.05, 4.69) is 42.5 Å². The minimum absolute atomic E-state index is 0.149. The van der Waals surface area contributed by atoms with Gasteiger partial charge in [0.25, 0.3) is 0 Å². The number of aliphatic carboxylic acids is 1. The molecule has 0 aromatic heterocycles. The van der Waals surface area contributed by atoms with Crippen LogP contribution in [0.25, 0.3) is 0 Å². The number of nitrogens with two attached hydrogens (primary N) is 2. The summed E-state index contributed by atoms with van der Waals surface area (Å²) in [5.74, 6) is -13.8. The monoisotopic (exact) mass is 1250 g/mol. The molecule has 0 radical (unpaired) electrons. The smallest absolute Gasteiger partial charge is 0.325 e. The Balaban J connectivity index is 1.73. The molecule has 3 heterocycles. The van der Waals surface area contributed by atoms with Crippen LogP contribution in [0.2, 0.25) is 0 Å². The summed E-state index contributed by atoms with van der Waals surface area (Å²) in [5, 5.41) is 121. The first-order valence-electron chi connectivity index (χ1n) is 28.0. The fourth-order valence-corrected chi connectivity index (χ4v) is 9.56. The normalized spacial score (nSPS) is 30.0. The number of nitrogens with one attached hydrogen (secondary N) is 8. The number of hydrogen-bond acceptors (Lipinski definition) is 25. The molecule has 3 saturated heterocycles. The Hall–Kier alpha value is -6.39. The number of rotatable bonds is 33. The van der Waals surface area contributed by atoms with Gasteiger partial charge in [-0.25, -0.2) is 0 Å². The number of ether oxygens (including phenoxy) is 5. The van der Waals surface area contributed by atoms with E-state index in [1.807, 2.05) is 0 Å². The summed E-state index contributed by atoms with van der Waals surface area (Å²) in [6, 6.07) is -11.6. The summed E-state index contributed by atoms with van der Waals surface area (Å²) in [5.41, 5.74) is 11.2. The number of aliphatic hydroxyl groups is 9. The fraction of sp³-hybridized carbons (Fsp3) is 0.784. The number of hydrogen-bond donors (Lipinski definition) is 20. The van der Waals surface area contributed by atoms with E-state index in [0.717, 1.165) is 20.8 Å². The van der Waals surface area contributed by atoms with E-state index in [0.29, 0.717) is 0 Å². The molecule has 22 N–H and O–H groups in total. The van der Waals surface area contributed by atoms with Gasteiger partial charge < -0.3 is 129 Å². The first kappa shape index (κ1) is 74.9. The third kappa shape index (κ3) is 22.0. The maximum absolute atomic E-state index is 13.8. The Morgan fingerprint density at radius 1 is 0.506 bits per heavy atom. The van der Waals surface area contributed by atoms with Crippen molar-refractivity contribution in [3.63, 3.8) is 0 Å². The minimum Gasteiger partial charge on any atom is -0.480 e. The third-order valence-electron chi connectivity index (χ3n) is 14.7. The van der Waals surface area contributed by atoms with E-state index in [1.165, 1.54) is 27.7 Å². The quantitative estimate of drug-likeness (QED) is 0.0290. The highest BCUT2D eigenvalue weighted by atomic mass is 16.7. The molecule has 23 atom stereocenters. The highest BCUT2D eigenvalue weighted by Gasteiger charge is 2.52. The summed E-state index contributed by atoms with van der Waals surface area (Å²) in [6.07, 6.45) is -21.5. The van der Waals surface area contributed by atoms with E-state index in [9.17, 15) is 104 Å². The number of carbonyl (C=O) groups excluding carboxylic acids is 10. The number of carbonyl (C=O) groups is 11. The molecule has 36 nitrogen and oxygen atoms in total. The maximum Gasteiger partial charge on any atom is 0.325 e. The van der Waals surface area contributed by atoms with Gasteiger partial charge in [-0.2, -0.15) is 0 Å². The second-order valence-electron chi connectivity index (χ2n) is 21.8. The van der Waals surface area contributed by atoms with Gasteiger partial charge in [0, 0.05) is 32.1 Å². The minimum atomic E-state index is -1.81. The van der Waals surface area contributed by atoms with Crippen molar-refractivity contribution in [2.45, 2.75) is 209 Å². The van der Waals surface area contributed by atoms with Crippen LogP contribution in [0.4, 0.5) is 0 Å². The first-order chi connectivity index (χ1) is 40.7. The molecule has 3 rings (SSSR count). The Morgan fingerprint density at radius 3 is 1.52 bits per heavy atom. The van der Waals surface area contributed by atoms with Crippen LogP contribution in [0.5, 0.6) is 0 Å². The number of carboxylic acid groups (broad SMARTS) is 1. The molecule has 0 bridgehead atoms. The van der Waals surface area contributed by atoms with E-state index in [4.69, 9.17) is 35.2 Å². The van der Waals surface area contributed by atoms with Gasteiger partial charge in [-0.05, 0) is 52.9 Å². The molecule has 0 aromatic carbocycles. The molecule has 10 amide bonds. The molecule has 496 valence electrons. The Kier molecular flexibility index (Phi) is 30.1. The highest BCUT2D eigenvalue weighted by Crippen LogP contribution is 2.36. The van der Waals surface area contributed by atoms with Gasteiger partial charge in [0.05, 0.1) is 44.5 Å². The van der Waals surface area contributed by atoms with Crippen molar-refractivity contribution in [3.8, 4) is 0 Å². The van der Waals surface area contributed by atoms with Crippen molar-refractivity contribution in [1.29, 1.82) is 0 Å². The molecule has 0 aromatic rings. The number of amides is 10. The average Bonchev–Trinajstić information content (AvgIpc) is 0.937. The molecule has 36 heteroatoms. The lowest BCUT2D eigenvalue weighted by atomic mass is 9.80. The highest BCUT2D eigenvalue weighted by molar-refractivity contribution is 5.94. The lowest BCUT2D eigenvalue weighted by Crippen LogP contribution is -2.68. The van der Waals surface area contributed by atoms with Gasteiger partial charge in [0.15, 0.2) is 18.9 Å². The van der Waals surface area contributed by atoms with Gasteiger partial charge >= 0.3 is 5.97 Å². The molecular formula is C51H86N10O26. The van der Waals surface area contributed by atoms with E-state index >= 15 is 0 Å². The lowest BCUT2D eigenvalue weighted by Gasteiger charge is -2.49. The van der Waals surface area contributed by atoms with Crippen molar-refractivity contribution >= 4 is 65.0 Å². The molecule has 3 aliphatic heterocycles. The van der Waals surface area contributed by atoms with E-state index < -0.39 is 244 Å². The fourth-order valence-electron chi connectivity index (χ4n) is 9.56. The van der Waals surface area contributed by atoms with Gasteiger partial charge in [0.1, 0.15) is 91.1 Å². The van der Waals surface area contributed by atoms with E-state index in [1.54, 1.807) is 0 Å². The molecule has 3 fully saturated rings. The summed E-state index contributed by atoms with van der Waals surface area (Å²) in [7, 11) is 0. The van der Waals surface area contributed by atoms with Crippen LogP contribution < -0.4 is 54.0 Å². The molecule has 3 aliphatic rings. The maximum atomic E-state index is 13.8. The van der Waals surface area contributed by atoms with Crippen molar-refractivity contribution in [3.05, 3.63) is 0 Å². The molecule has 0 unspecified atom stereocenters. The number of primary amides is 2. The Labute approximate surface area is 498 Å². The van der Waals surface area contributed by atoms with E-state index in [-0.39, 0.29) is 25.7 Å². The second-order valence-corrected chi connectivity index (χ2v) is 21.8. The molecule has 0 saturated carbocycles. The van der Waals surface area contributed by atoms with Crippen molar-refractivity contribution < 1.29 is 127 Å². The zero-order valence-electron chi connectivity index (χ0n) is 49.0. The van der Waals surface area contributed by atoms with Crippen LogP contribution in [0.3, 0.4) is 0 Å². The van der Waals surface area contributed by atoms with Gasteiger partial charge in [-0.15, -0.1) is 0 Å². The molecule has 87 heavy (non-hydrogen) atoms. The summed E-state index contributed by atoms with van der Waals surface area (Å²) >= 11 is 0. The number of aliphatic hydroxyl groups excluding tert-OH is 9. The van der Waals surface area contributed by atoms with Crippen molar-refractivity contribution in [2.24, 2.45) is 29.2 Å². The third-order valence-corrected chi connectivity index (χ3v) is 14.7. The Bertz CT molecular complexity index is 2380. The van der Waals surface area contributed by atoms with Crippen LogP contribution in [0, 0.1) is 17.8 Å². The topological polar surface area (TPSA) is 584 Å². The molecule has 0 aliphatic carbocycles. The van der Waals surface area contributed by atoms with Gasteiger partial charge in [0.2, 0.25) is 59.1 Å². The lowest BCUT2D eigenvalue weighted by molar-refractivity contribution is -0.322. The van der Waals surface area contributed by atoms with Crippen LogP contribution >= 0.6 is 0 Å². The Morgan fingerprint density at radius 2 is 0.977 bits per heavy atom. The SMILES string of the molecule is CC(=O)N[C@@H]1[C@@H](C[C@H](C)C(=O)N[C@@H](C)C(=O)N[C@H](CCC(=O)N[C@H](CCC[C@H](NC(=O)[C@H](C)CO[C@@H]2O[C@H](CO)[C@@H](O)[C@H](O)[C@@H]2O)C(N)=O)C(=O)N[C@H](C)C(=O)N[C@H](C)C(=O)O)C(N)=O)[C@H](O[C@@H]2O[C@H](CO)[C@@H](O)[C@H](O)[C@H]2NC(C)=O)[C@@H](CO)O[C@H]1O. The summed E-state index contributed by atoms with van der Waals surface area (Å²) in [6.45, 7) is 5.66. The van der Waals surface area contributed by atoms with Crippen molar-refractivity contribution in [2.75, 3.05) is 26.4 Å². The number of carboxylic acids is 1. The zero-order valence-corrected chi connectivity index (χ0v) is 49.0.